The Morgan fingerprint density at radius 2 is 2.31 bits per heavy atom. The summed E-state index contributed by atoms with van der Waals surface area (Å²) in [5.41, 5.74) is 1.19. The summed E-state index contributed by atoms with van der Waals surface area (Å²) < 4.78 is 7.50. The van der Waals surface area contributed by atoms with Gasteiger partial charge in [0, 0.05) is 26.0 Å². The van der Waals surface area contributed by atoms with E-state index in [-0.39, 0.29) is 0 Å². The molecular formula is C12H15N3O. The predicted octanol–water partition coefficient (Wildman–Crippen LogP) is 1.93. The fourth-order valence-corrected chi connectivity index (χ4v) is 1.48. The molecule has 2 rings (SSSR count). The Bertz CT molecular complexity index is 465. The van der Waals surface area contributed by atoms with Gasteiger partial charge < -0.3 is 14.6 Å². The molecule has 0 unspecified atom stereocenters. The molecule has 0 aliphatic carbocycles. The average Bonchev–Trinajstić information content (AvgIpc) is 2.66. The van der Waals surface area contributed by atoms with Gasteiger partial charge in [-0.05, 0) is 24.7 Å². The molecule has 0 saturated carbocycles. The van der Waals surface area contributed by atoms with Crippen molar-refractivity contribution in [1.29, 1.82) is 0 Å². The number of imidazole rings is 1. The van der Waals surface area contributed by atoms with Crippen LogP contribution in [0, 0.1) is 0 Å². The predicted molar refractivity (Wildman–Crippen MR) is 62.5 cm³/mol. The second-order valence-electron chi connectivity index (χ2n) is 3.60. The van der Waals surface area contributed by atoms with E-state index in [1.165, 1.54) is 5.56 Å². The van der Waals surface area contributed by atoms with Crippen LogP contribution in [0.2, 0.25) is 0 Å². The number of nitrogens with one attached hydrogen (secondary N) is 1. The van der Waals surface area contributed by atoms with Crippen LogP contribution in [0.4, 0.5) is 0 Å². The second-order valence-corrected chi connectivity index (χ2v) is 3.60. The van der Waals surface area contributed by atoms with Crippen molar-refractivity contribution in [2.45, 2.75) is 6.54 Å². The van der Waals surface area contributed by atoms with Crippen molar-refractivity contribution in [2.24, 2.45) is 7.05 Å². The van der Waals surface area contributed by atoms with Crippen molar-refractivity contribution < 1.29 is 4.74 Å². The third-order valence-electron chi connectivity index (χ3n) is 2.27. The molecule has 0 aliphatic rings. The van der Waals surface area contributed by atoms with Gasteiger partial charge in [0.2, 0.25) is 0 Å². The van der Waals surface area contributed by atoms with Gasteiger partial charge >= 0.3 is 6.01 Å². The van der Waals surface area contributed by atoms with E-state index in [9.17, 15) is 0 Å². The first-order valence-electron chi connectivity index (χ1n) is 5.18. The molecule has 0 spiro atoms. The number of ether oxygens (including phenoxy) is 1. The van der Waals surface area contributed by atoms with Gasteiger partial charge in [0.15, 0.2) is 0 Å². The molecule has 0 aliphatic heterocycles. The van der Waals surface area contributed by atoms with Crippen molar-refractivity contribution >= 4 is 0 Å². The molecule has 1 N–H and O–H groups in total. The summed E-state index contributed by atoms with van der Waals surface area (Å²) in [6, 6.07) is 8.56. The molecule has 2 aromatic rings. The van der Waals surface area contributed by atoms with Crippen LogP contribution in [0.3, 0.4) is 0 Å². The summed E-state index contributed by atoms with van der Waals surface area (Å²) in [5.74, 6) is 0.807. The third kappa shape index (κ3) is 2.41. The quantitative estimate of drug-likeness (QED) is 0.850. The molecule has 0 bridgehead atoms. The van der Waals surface area contributed by atoms with E-state index in [2.05, 4.69) is 16.4 Å². The number of nitrogens with zero attached hydrogens (tertiary/aromatic N) is 2. The summed E-state index contributed by atoms with van der Waals surface area (Å²) in [7, 11) is 3.83. The first kappa shape index (κ1) is 10.7. The highest BCUT2D eigenvalue weighted by Gasteiger charge is 2.02. The van der Waals surface area contributed by atoms with Gasteiger partial charge in [0.25, 0.3) is 0 Å². The van der Waals surface area contributed by atoms with E-state index in [0.29, 0.717) is 6.01 Å². The van der Waals surface area contributed by atoms with Crippen molar-refractivity contribution in [1.82, 2.24) is 14.9 Å². The molecule has 1 aromatic heterocycles. The molecule has 0 saturated heterocycles. The maximum Gasteiger partial charge on any atom is 0.301 e. The Balaban J connectivity index is 2.15. The highest BCUT2D eigenvalue weighted by atomic mass is 16.5. The number of hydrogen-bond acceptors (Lipinski definition) is 3. The van der Waals surface area contributed by atoms with Gasteiger partial charge in [0.05, 0.1) is 0 Å². The lowest BCUT2D eigenvalue weighted by Crippen LogP contribution is -2.04. The molecule has 0 fully saturated rings. The average molecular weight is 217 g/mol. The summed E-state index contributed by atoms with van der Waals surface area (Å²) in [4.78, 5) is 4.11. The van der Waals surface area contributed by atoms with Gasteiger partial charge in [-0.2, -0.15) is 0 Å². The van der Waals surface area contributed by atoms with Crippen molar-refractivity contribution in [3.63, 3.8) is 0 Å². The number of rotatable bonds is 4. The van der Waals surface area contributed by atoms with Crippen LogP contribution in [0.1, 0.15) is 5.56 Å². The monoisotopic (exact) mass is 217 g/mol. The van der Waals surface area contributed by atoms with Crippen LogP contribution in [0.5, 0.6) is 11.8 Å². The summed E-state index contributed by atoms with van der Waals surface area (Å²) >= 11 is 0. The van der Waals surface area contributed by atoms with Gasteiger partial charge in [-0.15, -0.1) is 0 Å². The number of hydrogen-bond donors (Lipinski definition) is 1. The maximum atomic E-state index is 5.66. The van der Waals surface area contributed by atoms with Crippen LogP contribution in [-0.4, -0.2) is 16.6 Å². The zero-order valence-electron chi connectivity index (χ0n) is 9.47. The van der Waals surface area contributed by atoms with Crippen molar-refractivity contribution in [2.75, 3.05) is 7.05 Å². The van der Waals surface area contributed by atoms with E-state index in [4.69, 9.17) is 4.74 Å². The number of aryl methyl sites for hydroxylation is 1. The zero-order valence-corrected chi connectivity index (χ0v) is 9.47. The first-order valence-corrected chi connectivity index (χ1v) is 5.18. The Labute approximate surface area is 94.9 Å². The second kappa shape index (κ2) is 4.81. The lowest BCUT2D eigenvalue weighted by Gasteiger charge is -2.06. The highest BCUT2D eigenvalue weighted by Crippen LogP contribution is 2.19. The van der Waals surface area contributed by atoms with E-state index >= 15 is 0 Å². The van der Waals surface area contributed by atoms with E-state index < -0.39 is 0 Å². The minimum Gasteiger partial charge on any atom is -0.426 e. The topological polar surface area (TPSA) is 39.1 Å². The van der Waals surface area contributed by atoms with Gasteiger partial charge in [-0.3, -0.25) is 0 Å². The summed E-state index contributed by atoms with van der Waals surface area (Å²) in [6.45, 7) is 0.831. The number of aromatic nitrogens is 2. The van der Waals surface area contributed by atoms with Gasteiger partial charge in [-0.1, -0.05) is 12.1 Å². The zero-order chi connectivity index (χ0) is 11.4. The van der Waals surface area contributed by atoms with Crippen LogP contribution < -0.4 is 10.1 Å². The summed E-state index contributed by atoms with van der Waals surface area (Å²) in [5, 5.41) is 3.11. The third-order valence-corrected chi connectivity index (χ3v) is 2.27. The molecule has 4 heteroatoms. The van der Waals surface area contributed by atoms with E-state index in [1.807, 2.05) is 43.1 Å². The Kier molecular flexibility index (Phi) is 3.22. The lowest BCUT2D eigenvalue weighted by atomic mass is 10.2. The summed E-state index contributed by atoms with van der Waals surface area (Å²) in [6.07, 6.45) is 3.57. The fourth-order valence-electron chi connectivity index (χ4n) is 1.48. The smallest absolute Gasteiger partial charge is 0.301 e. The Morgan fingerprint density at radius 1 is 1.44 bits per heavy atom. The molecule has 1 aromatic carbocycles. The van der Waals surface area contributed by atoms with E-state index in [1.54, 1.807) is 6.20 Å². The maximum absolute atomic E-state index is 5.66. The van der Waals surface area contributed by atoms with Crippen LogP contribution >= 0.6 is 0 Å². The molecule has 1 heterocycles. The van der Waals surface area contributed by atoms with Gasteiger partial charge in [-0.25, -0.2) is 4.98 Å². The molecule has 84 valence electrons. The van der Waals surface area contributed by atoms with Crippen molar-refractivity contribution in [3.8, 4) is 11.8 Å². The molecule has 0 radical (unpaired) electrons. The molecular weight excluding hydrogens is 202 g/mol. The minimum absolute atomic E-state index is 0.599. The van der Waals surface area contributed by atoms with Crippen molar-refractivity contribution in [3.05, 3.63) is 42.2 Å². The molecule has 4 nitrogen and oxygen atoms in total. The minimum atomic E-state index is 0.599. The molecule has 0 amide bonds. The standard InChI is InChI=1S/C12H15N3O/c1-13-9-10-4-3-5-11(8-10)16-12-14-6-7-15(12)2/h3-8,13H,9H2,1-2H3. The largest absolute Gasteiger partial charge is 0.426 e. The SMILES string of the molecule is CNCc1cccc(Oc2nccn2C)c1. The first-order chi connectivity index (χ1) is 7.79. The number of benzene rings is 1. The fraction of sp³-hybridized carbons (Fsp3) is 0.250. The lowest BCUT2D eigenvalue weighted by molar-refractivity contribution is 0.424. The van der Waals surface area contributed by atoms with Crippen LogP contribution in [0.25, 0.3) is 0 Å². The Hall–Kier alpha value is -1.81. The van der Waals surface area contributed by atoms with E-state index in [0.717, 1.165) is 12.3 Å². The Morgan fingerprint density at radius 3 is 3.00 bits per heavy atom. The highest BCUT2D eigenvalue weighted by molar-refractivity contribution is 5.30. The normalized spacial score (nSPS) is 10.4. The molecule has 16 heavy (non-hydrogen) atoms. The van der Waals surface area contributed by atoms with Gasteiger partial charge in [0.1, 0.15) is 5.75 Å². The van der Waals surface area contributed by atoms with Crippen LogP contribution in [-0.2, 0) is 13.6 Å². The van der Waals surface area contributed by atoms with Crippen LogP contribution in [0.15, 0.2) is 36.7 Å². The molecule has 0 atom stereocenters.